The van der Waals surface area contributed by atoms with Crippen LogP contribution in [0.15, 0.2) is 60.3 Å². The summed E-state index contributed by atoms with van der Waals surface area (Å²) in [4.78, 5) is 0. The van der Waals surface area contributed by atoms with Crippen LogP contribution in [-0.4, -0.2) is 13.2 Å². The normalized spacial score (nSPS) is 11.9. The van der Waals surface area contributed by atoms with E-state index in [1.54, 1.807) is 0 Å². The van der Waals surface area contributed by atoms with Crippen LogP contribution in [0.5, 0.6) is 0 Å². The van der Waals surface area contributed by atoms with Gasteiger partial charge in [-0.05, 0) is 16.3 Å². The summed E-state index contributed by atoms with van der Waals surface area (Å²) in [5, 5.41) is 10.8. The average Bonchev–Trinajstić information content (AvgIpc) is 2.46. The van der Waals surface area contributed by atoms with E-state index in [0.29, 0.717) is 0 Å². The highest BCUT2D eigenvalue weighted by Crippen LogP contribution is 2.12. The largest absolute Gasteiger partial charge is 0.392 e. The van der Waals surface area contributed by atoms with Crippen molar-refractivity contribution in [2.24, 2.45) is 0 Å². The molecule has 0 aliphatic carbocycles. The summed E-state index contributed by atoms with van der Waals surface area (Å²) >= 11 is 0. The van der Waals surface area contributed by atoms with E-state index in [0.717, 1.165) is 5.56 Å². The minimum atomic E-state index is -1.67. The van der Waals surface area contributed by atoms with Crippen molar-refractivity contribution in [3.63, 3.8) is 0 Å². The van der Waals surface area contributed by atoms with E-state index in [9.17, 15) is 5.11 Å². The molecule has 2 rings (SSSR count). The van der Waals surface area contributed by atoms with Gasteiger partial charge in [0.2, 0.25) is 0 Å². The Balaban J connectivity index is 2.30. The van der Waals surface area contributed by atoms with Crippen molar-refractivity contribution in [1.82, 2.24) is 0 Å². The molecule has 0 radical (unpaired) electrons. The van der Waals surface area contributed by atoms with Crippen LogP contribution in [0.3, 0.4) is 0 Å². The fourth-order valence-electron chi connectivity index (χ4n) is 2.25. The summed E-state index contributed by atoms with van der Waals surface area (Å²) < 4.78 is 0. The molecule has 2 heteroatoms. The van der Waals surface area contributed by atoms with Crippen LogP contribution in [0, 0.1) is 0 Å². The van der Waals surface area contributed by atoms with Gasteiger partial charge in [0.05, 0.1) is 6.61 Å². The molecule has 0 amide bonds. The molecular formula is C17H20OSi. The van der Waals surface area contributed by atoms with Gasteiger partial charge >= 0.3 is 0 Å². The second kappa shape index (κ2) is 6.00. The molecule has 0 saturated carbocycles. The van der Waals surface area contributed by atoms with Crippen molar-refractivity contribution >= 4 is 19.3 Å². The Hall–Kier alpha value is -1.64. The summed E-state index contributed by atoms with van der Waals surface area (Å²) in [5.74, 6) is 0. The van der Waals surface area contributed by atoms with Crippen LogP contribution in [0.25, 0.3) is 6.08 Å². The lowest BCUT2D eigenvalue weighted by Crippen LogP contribution is -2.41. The van der Waals surface area contributed by atoms with Gasteiger partial charge < -0.3 is 5.11 Å². The maximum absolute atomic E-state index is 9.47. The first-order chi connectivity index (χ1) is 9.13. The maximum Gasteiger partial charge on any atom is 0.104 e. The molecule has 0 spiro atoms. The quantitative estimate of drug-likeness (QED) is 0.843. The van der Waals surface area contributed by atoms with E-state index in [1.165, 1.54) is 10.8 Å². The lowest BCUT2D eigenvalue weighted by Gasteiger charge is -2.21. The zero-order valence-corrected chi connectivity index (χ0v) is 12.5. The number of aliphatic hydroxyl groups excluding tert-OH is 1. The van der Waals surface area contributed by atoms with E-state index in [4.69, 9.17) is 0 Å². The second-order valence-corrected chi connectivity index (χ2v) is 9.60. The number of benzene rings is 2. The van der Waals surface area contributed by atoms with Crippen LogP contribution in [0.1, 0.15) is 11.1 Å². The van der Waals surface area contributed by atoms with Gasteiger partial charge in [0, 0.05) is 0 Å². The van der Waals surface area contributed by atoms with Crippen molar-refractivity contribution in [3.8, 4) is 0 Å². The fraction of sp³-hybridized carbons (Fsp3) is 0.176. The van der Waals surface area contributed by atoms with Crippen molar-refractivity contribution in [2.45, 2.75) is 19.7 Å². The third-order valence-corrected chi connectivity index (χ3v) is 6.25. The highest BCUT2D eigenvalue weighted by atomic mass is 28.3. The van der Waals surface area contributed by atoms with Crippen molar-refractivity contribution < 1.29 is 5.11 Å². The first kappa shape index (κ1) is 13.8. The van der Waals surface area contributed by atoms with Crippen LogP contribution >= 0.6 is 0 Å². The topological polar surface area (TPSA) is 20.2 Å². The highest BCUT2D eigenvalue weighted by molar-refractivity contribution is 6.94. The van der Waals surface area contributed by atoms with E-state index < -0.39 is 8.07 Å². The van der Waals surface area contributed by atoms with Crippen LogP contribution in [0.4, 0.5) is 0 Å². The molecule has 98 valence electrons. The van der Waals surface area contributed by atoms with Crippen LogP contribution in [0.2, 0.25) is 13.1 Å². The number of hydrogen-bond acceptors (Lipinski definition) is 1. The van der Waals surface area contributed by atoms with Gasteiger partial charge in [0.1, 0.15) is 8.07 Å². The number of rotatable bonds is 4. The van der Waals surface area contributed by atoms with E-state index in [-0.39, 0.29) is 6.61 Å². The Bertz CT molecular complexity index is 558. The van der Waals surface area contributed by atoms with Crippen LogP contribution in [-0.2, 0) is 6.61 Å². The molecule has 0 atom stereocenters. The summed E-state index contributed by atoms with van der Waals surface area (Å²) in [6.45, 7) is 4.73. The average molecular weight is 268 g/mol. The molecule has 0 unspecified atom stereocenters. The molecule has 0 heterocycles. The maximum atomic E-state index is 9.47. The van der Waals surface area contributed by atoms with Gasteiger partial charge in [0.15, 0.2) is 0 Å². The zero-order chi connectivity index (χ0) is 13.7. The first-order valence-corrected chi connectivity index (χ1v) is 9.65. The third-order valence-electron chi connectivity index (χ3n) is 3.37. The Morgan fingerprint density at radius 2 is 1.58 bits per heavy atom. The van der Waals surface area contributed by atoms with Gasteiger partial charge in [-0.25, -0.2) is 0 Å². The Kier molecular flexibility index (Phi) is 4.35. The monoisotopic (exact) mass is 268 g/mol. The van der Waals surface area contributed by atoms with Gasteiger partial charge in [0.25, 0.3) is 0 Å². The minimum Gasteiger partial charge on any atom is -0.392 e. The predicted molar refractivity (Wildman–Crippen MR) is 85.0 cm³/mol. The number of hydrogen-bond donors (Lipinski definition) is 1. The minimum absolute atomic E-state index is 0.117. The highest BCUT2D eigenvalue weighted by Gasteiger charge is 2.22. The molecule has 0 saturated heterocycles. The molecule has 0 aliphatic heterocycles. The van der Waals surface area contributed by atoms with Crippen molar-refractivity contribution in [2.75, 3.05) is 0 Å². The zero-order valence-electron chi connectivity index (χ0n) is 11.5. The molecule has 2 aromatic carbocycles. The molecule has 0 bridgehead atoms. The molecule has 0 aromatic heterocycles. The Labute approximate surface area is 116 Å². The van der Waals surface area contributed by atoms with E-state index in [1.807, 2.05) is 18.2 Å². The summed E-state index contributed by atoms with van der Waals surface area (Å²) in [6.07, 6.45) is 2.19. The SMILES string of the molecule is C[Si](C)(/C=C\c1ccccc1)c1ccccc1CO. The van der Waals surface area contributed by atoms with E-state index >= 15 is 0 Å². The van der Waals surface area contributed by atoms with Gasteiger partial charge in [-0.15, -0.1) is 0 Å². The summed E-state index contributed by atoms with van der Waals surface area (Å²) in [6, 6.07) is 18.6. The molecule has 19 heavy (non-hydrogen) atoms. The summed E-state index contributed by atoms with van der Waals surface area (Å²) in [5.41, 5.74) is 4.61. The van der Waals surface area contributed by atoms with Crippen LogP contribution < -0.4 is 5.19 Å². The van der Waals surface area contributed by atoms with Gasteiger partial charge in [-0.3, -0.25) is 0 Å². The first-order valence-electron chi connectivity index (χ1n) is 6.57. The molecule has 0 aliphatic rings. The molecule has 2 aromatic rings. The Morgan fingerprint density at radius 3 is 2.26 bits per heavy atom. The lowest BCUT2D eigenvalue weighted by atomic mass is 10.2. The molecule has 0 fully saturated rings. The Morgan fingerprint density at radius 1 is 0.947 bits per heavy atom. The van der Waals surface area contributed by atoms with Crippen molar-refractivity contribution in [1.29, 1.82) is 0 Å². The third kappa shape index (κ3) is 3.43. The van der Waals surface area contributed by atoms with Gasteiger partial charge in [-0.1, -0.05) is 79.5 Å². The van der Waals surface area contributed by atoms with Gasteiger partial charge in [-0.2, -0.15) is 0 Å². The fourth-order valence-corrected chi connectivity index (χ4v) is 4.55. The molecule has 1 N–H and O–H groups in total. The van der Waals surface area contributed by atoms with Crippen molar-refractivity contribution in [3.05, 3.63) is 71.4 Å². The number of aliphatic hydroxyl groups is 1. The molecule has 1 nitrogen and oxygen atoms in total. The van der Waals surface area contributed by atoms with E-state index in [2.05, 4.69) is 61.3 Å². The predicted octanol–water partition coefficient (Wildman–Crippen LogP) is 3.35. The smallest absolute Gasteiger partial charge is 0.104 e. The summed E-state index contributed by atoms with van der Waals surface area (Å²) in [7, 11) is -1.67. The molecular weight excluding hydrogens is 248 g/mol. The standard InChI is InChI=1S/C17H20OSi/c1-19(2,13-12-15-8-4-3-5-9-15)17-11-7-6-10-16(17)14-18/h3-13,18H,14H2,1-2H3/b13-12-. The lowest BCUT2D eigenvalue weighted by molar-refractivity contribution is 0.283. The second-order valence-electron chi connectivity index (χ2n) is 5.28.